The number of rotatable bonds is 10. The van der Waals surface area contributed by atoms with Crippen molar-refractivity contribution in [2.75, 3.05) is 25.0 Å². The van der Waals surface area contributed by atoms with E-state index in [1.165, 1.54) is 23.5 Å². The van der Waals surface area contributed by atoms with Gasteiger partial charge in [0, 0.05) is 74.2 Å². The van der Waals surface area contributed by atoms with E-state index in [0.29, 0.717) is 25.2 Å². The predicted molar refractivity (Wildman–Crippen MR) is 145 cm³/mol. The minimum Gasteiger partial charge on any atom is -0.481 e. The van der Waals surface area contributed by atoms with Crippen LogP contribution in [0.1, 0.15) is 73.9 Å². The fourth-order valence-corrected chi connectivity index (χ4v) is 6.43. The van der Waals surface area contributed by atoms with E-state index in [9.17, 15) is 18.8 Å². The van der Waals surface area contributed by atoms with Gasteiger partial charge in [0.2, 0.25) is 11.8 Å². The Morgan fingerprint density at radius 1 is 1.24 bits per heavy atom. The molecule has 8 nitrogen and oxygen atoms in total. The van der Waals surface area contributed by atoms with Crippen LogP contribution in [0, 0.1) is 18.7 Å². The molecule has 1 aromatic heterocycles. The van der Waals surface area contributed by atoms with Crippen LogP contribution >= 0.6 is 11.3 Å². The van der Waals surface area contributed by atoms with Gasteiger partial charge in [0.25, 0.3) is 0 Å². The number of anilines is 1. The molecule has 1 unspecified atom stereocenters. The molecule has 4 rings (SSSR count). The van der Waals surface area contributed by atoms with Gasteiger partial charge in [-0.15, -0.1) is 11.3 Å². The second-order valence-corrected chi connectivity index (χ2v) is 11.5. The molecule has 2 aromatic rings. The molecule has 10 heteroatoms. The summed E-state index contributed by atoms with van der Waals surface area (Å²) in [4.78, 5) is 45.5. The van der Waals surface area contributed by atoms with Gasteiger partial charge in [-0.2, -0.15) is 0 Å². The van der Waals surface area contributed by atoms with Crippen LogP contribution in [0.5, 0.6) is 0 Å². The summed E-state index contributed by atoms with van der Waals surface area (Å²) in [5, 5.41) is 14.5. The smallest absolute Gasteiger partial charge is 0.303 e. The monoisotopic (exact) mass is 544 g/mol. The first-order chi connectivity index (χ1) is 18.2. The molecule has 0 spiro atoms. The van der Waals surface area contributed by atoms with Crippen LogP contribution in [0.15, 0.2) is 23.7 Å². The van der Waals surface area contributed by atoms with E-state index in [0.717, 1.165) is 54.9 Å². The van der Waals surface area contributed by atoms with Crippen LogP contribution in [0.4, 0.5) is 10.1 Å². The molecule has 2 atom stereocenters. The molecule has 1 aliphatic carbocycles. The Balaban J connectivity index is 1.38. The first-order valence-electron chi connectivity index (χ1n) is 13.4. The molecule has 2 aliphatic rings. The number of piperazine rings is 1. The Morgan fingerprint density at radius 2 is 2.00 bits per heavy atom. The van der Waals surface area contributed by atoms with Gasteiger partial charge >= 0.3 is 5.97 Å². The van der Waals surface area contributed by atoms with E-state index < -0.39 is 11.8 Å². The van der Waals surface area contributed by atoms with Crippen molar-refractivity contribution >= 4 is 34.8 Å². The molecule has 1 saturated carbocycles. The molecule has 2 N–H and O–H groups in total. The number of carbonyl (C=O) groups is 3. The van der Waals surface area contributed by atoms with Crippen molar-refractivity contribution < 1.29 is 23.9 Å². The first kappa shape index (κ1) is 28.2. The zero-order chi connectivity index (χ0) is 27.2. The summed E-state index contributed by atoms with van der Waals surface area (Å²) in [5.41, 5.74) is 2.02. The van der Waals surface area contributed by atoms with Crippen LogP contribution in [0.2, 0.25) is 0 Å². The number of nitrogens with zero attached hydrogens (tertiary/aromatic N) is 3. The molecule has 1 saturated heterocycles. The number of carbonyl (C=O) groups excluding carboxylic acids is 2. The van der Waals surface area contributed by atoms with Crippen molar-refractivity contribution in [2.45, 2.75) is 77.3 Å². The summed E-state index contributed by atoms with van der Waals surface area (Å²) in [5.74, 6) is -1.52. The molecule has 2 amide bonds. The van der Waals surface area contributed by atoms with Crippen LogP contribution in [0.25, 0.3) is 0 Å². The van der Waals surface area contributed by atoms with Crippen LogP contribution < -0.4 is 5.32 Å². The predicted octanol–water partition coefficient (Wildman–Crippen LogP) is 4.79. The van der Waals surface area contributed by atoms with E-state index >= 15 is 0 Å². The highest BCUT2D eigenvalue weighted by Gasteiger charge is 2.33. The maximum Gasteiger partial charge on any atom is 0.303 e. The second-order valence-electron chi connectivity index (χ2n) is 10.6. The van der Waals surface area contributed by atoms with Gasteiger partial charge < -0.3 is 15.3 Å². The Kier molecular flexibility index (Phi) is 9.49. The summed E-state index contributed by atoms with van der Waals surface area (Å²) in [7, 11) is 0. The van der Waals surface area contributed by atoms with Crippen LogP contribution in [-0.4, -0.2) is 63.4 Å². The van der Waals surface area contributed by atoms with Gasteiger partial charge in [-0.05, 0) is 56.4 Å². The van der Waals surface area contributed by atoms with Gasteiger partial charge in [-0.25, -0.2) is 9.37 Å². The second kappa shape index (κ2) is 12.8. The number of amides is 2. The normalized spacial score (nSPS) is 19.4. The van der Waals surface area contributed by atoms with Crippen LogP contribution in [-0.2, 0) is 20.9 Å². The molecule has 206 valence electrons. The lowest BCUT2D eigenvalue weighted by Crippen LogP contribution is -2.54. The van der Waals surface area contributed by atoms with E-state index in [2.05, 4.69) is 22.1 Å². The first-order valence-corrected chi connectivity index (χ1v) is 14.3. The summed E-state index contributed by atoms with van der Waals surface area (Å²) >= 11 is 1.39. The maximum atomic E-state index is 14.6. The third-order valence-electron chi connectivity index (χ3n) is 7.79. The molecular formula is C28H37FN4O4S. The number of aliphatic carboxylic acids is 1. The lowest BCUT2D eigenvalue weighted by molar-refractivity contribution is -0.140. The average Bonchev–Trinajstić information content (AvgIpc) is 3.59. The molecule has 2 heterocycles. The van der Waals surface area contributed by atoms with Gasteiger partial charge in [0.05, 0.1) is 5.01 Å². The Labute approximate surface area is 227 Å². The number of aromatic nitrogens is 1. The summed E-state index contributed by atoms with van der Waals surface area (Å²) < 4.78 is 14.6. The summed E-state index contributed by atoms with van der Waals surface area (Å²) in [6, 6.07) is 2.93. The number of thiazole rings is 1. The third kappa shape index (κ3) is 7.17. The van der Waals surface area contributed by atoms with Crippen molar-refractivity contribution in [3.63, 3.8) is 0 Å². The minimum absolute atomic E-state index is 0.0569. The zero-order valence-electron chi connectivity index (χ0n) is 22.1. The van der Waals surface area contributed by atoms with Gasteiger partial charge in [0.1, 0.15) is 5.82 Å². The van der Waals surface area contributed by atoms with Gasteiger partial charge in [0.15, 0.2) is 0 Å². The fraction of sp³-hybridized carbons (Fsp3) is 0.571. The lowest BCUT2D eigenvalue weighted by Gasteiger charge is -2.41. The topological polar surface area (TPSA) is 103 Å². The molecule has 1 aromatic carbocycles. The number of carboxylic acid groups (broad SMARTS) is 1. The molecule has 0 radical (unpaired) electrons. The number of benzene rings is 1. The zero-order valence-corrected chi connectivity index (χ0v) is 22.9. The van der Waals surface area contributed by atoms with Crippen molar-refractivity contribution in [3.8, 4) is 0 Å². The molecular weight excluding hydrogens is 507 g/mol. The highest BCUT2D eigenvalue weighted by molar-refractivity contribution is 7.09. The Bertz CT molecular complexity index is 1140. The molecule has 38 heavy (non-hydrogen) atoms. The highest BCUT2D eigenvalue weighted by atomic mass is 32.1. The lowest BCUT2D eigenvalue weighted by atomic mass is 9.99. The number of nitrogens with one attached hydrogen (secondary N) is 1. The fourth-order valence-electron chi connectivity index (χ4n) is 5.65. The number of hydrogen-bond donors (Lipinski definition) is 2. The number of carboxylic acids is 1. The van der Waals surface area contributed by atoms with Crippen molar-refractivity contribution in [2.24, 2.45) is 5.92 Å². The summed E-state index contributed by atoms with van der Waals surface area (Å²) in [6.07, 6.45) is 6.21. The van der Waals surface area contributed by atoms with E-state index in [1.54, 1.807) is 11.6 Å². The quantitative estimate of drug-likeness (QED) is 0.446. The molecule has 2 fully saturated rings. The third-order valence-corrected chi connectivity index (χ3v) is 8.72. The number of halogens is 1. The van der Waals surface area contributed by atoms with Crippen molar-refractivity contribution in [1.82, 2.24) is 14.8 Å². The Morgan fingerprint density at radius 3 is 2.66 bits per heavy atom. The SMILES string of the molecule is Cc1c(CN2CCN(C(=O)C3CCCC3)[C@@H](C)C2)cc(F)cc1NC(=O)CC(CCC(=O)O)c1nccs1. The molecule has 0 bridgehead atoms. The molecule has 1 aliphatic heterocycles. The van der Waals surface area contributed by atoms with E-state index in [4.69, 9.17) is 5.11 Å². The average molecular weight is 545 g/mol. The standard InChI is InChI=1S/C28H37FN4O4S/c1-18-16-32(10-11-33(18)28(37)20-5-3-4-6-20)17-22-13-23(29)15-24(19(22)2)31-25(34)14-21(7-8-26(35)36)27-30-9-12-38-27/h9,12-13,15,18,20-21H,3-8,10-11,14,16-17H2,1-2H3,(H,31,34)(H,35,36)/t18-,21?/m0/s1. The van der Waals surface area contributed by atoms with Crippen LogP contribution in [0.3, 0.4) is 0 Å². The largest absolute Gasteiger partial charge is 0.481 e. The minimum atomic E-state index is -0.921. The van der Waals surface area contributed by atoms with Gasteiger partial charge in [-0.1, -0.05) is 12.8 Å². The summed E-state index contributed by atoms with van der Waals surface area (Å²) in [6.45, 7) is 6.59. The van der Waals surface area contributed by atoms with E-state index in [1.807, 2.05) is 11.8 Å². The number of hydrogen-bond acceptors (Lipinski definition) is 6. The van der Waals surface area contributed by atoms with E-state index in [-0.39, 0.29) is 42.5 Å². The highest BCUT2D eigenvalue weighted by Crippen LogP contribution is 2.30. The van der Waals surface area contributed by atoms with Crippen molar-refractivity contribution in [3.05, 3.63) is 45.7 Å². The van der Waals surface area contributed by atoms with Crippen molar-refractivity contribution in [1.29, 1.82) is 0 Å². The maximum absolute atomic E-state index is 14.6. The van der Waals surface area contributed by atoms with Gasteiger partial charge in [-0.3, -0.25) is 19.3 Å². The Hall–Kier alpha value is -2.85.